The molecule has 0 saturated heterocycles. The summed E-state index contributed by atoms with van der Waals surface area (Å²) in [5.41, 5.74) is 1.45. The summed E-state index contributed by atoms with van der Waals surface area (Å²) in [6.07, 6.45) is 2.48. The van der Waals surface area contributed by atoms with Crippen LogP contribution in [0.15, 0.2) is 28.9 Å². The van der Waals surface area contributed by atoms with Gasteiger partial charge in [-0.3, -0.25) is 14.9 Å². The summed E-state index contributed by atoms with van der Waals surface area (Å²) < 4.78 is 5.09. The van der Waals surface area contributed by atoms with E-state index in [-0.39, 0.29) is 24.6 Å². The minimum atomic E-state index is -0.453. The second kappa shape index (κ2) is 6.71. The van der Waals surface area contributed by atoms with E-state index in [1.54, 1.807) is 19.3 Å². The van der Waals surface area contributed by atoms with Gasteiger partial charge in [0, 0.05) is 42.7 Å². The molecule has 1 aromatic carbocycles. The second-order valence-electron chi connectivity index (χ2n) is 5.69. The fourth-order valence-corrected chi connectivity index (χ4v) is 2.51. The number of aromatic amines is 1. The minimum Gasteiger partial charge on any atom is -0.361 e. The SMILES string of the molecule is CCc1noc(CN(C)C(=O)Cc2c[nH]c3ccc([N+](=O)[O-])cc23)n1. The number of benzene rings is 1. The summed E-state index contributed by atoms with van der Waals surface area (Å²) in [5.74, 6) is 0.825. The molecule has 2 heterocycles. The molecule has 3 rings (SSSR count). The van der Waals surface area contributed by atoms with E-state index >= 15 is 0 Å². The number of aryl methyl sites for hydroxylation is 1. The third-order valence-electron chi connectivity index (χ3n) is 3.93. The number of nitro groups is 1. The van der Waals surface area contributed by atoms with Crippen LogP contribution in [0.25, 0.3) is 10.9 Å². The van der Waals surface area contributed by atoms with E-state index in [4.69, 9.17) is 4.52 Å². The van der Waals surface area contributed by atoms with E-state index in [2.05, 4.69) is 15.1 Å². The van der Waals surface area contributed by atoms with Crippen molar-refractivity contribution in [3.05, 3.63) is 51.8 Å². The number of nitro benzene ring substituents is 1. The molecule has 2 aromatic heterocycles. The van der Waals surface area contributed by atoms with E-state index in [0.29, 0.717) is 29.1 Å². The number of carbonyl (C=O) groups is 1. The number of carbonyl (C=O) groups excluding carboxylic acids is 1. The Morgan fingerprint density at radius 1 is 1.44 bits per heavy atom. The number of aromatic nitrogens is 3. The number of fused-ring (bicyclic) bond motifs is 1. The van der Waals surface area contributed by atoms with E-state index in [0.717, 1.165) is 5.52 Å². The number of H-pyrrole nitrogens is 1. The van der Waals surface area contributed by atoms with Crippen LogP contribution >= 0.6 is 0 Å². The standard InChI is InChI=1S/C16H17N5O4/c1-3-14-18-15(25-19-14)9-20(2)16(22)6-10-8-17-13-5-4-11(21(23)24)7-12(10)13/h4-5,7-8,17H,3,6,9H2,1-2H3. The lowest BCUT2D eigenvalue weighted by Crippen LogP contribution is -2.27. The Bertz CT molecular complexity index is 930. The lowest BCUT2D eigenvalue weighted by molar-refractivity contribution is -0.384. The van der Waals surface area contributed by atoms with Crippen molar-refractivity contribution in [2.75, 3.05) is 7.05 Å². The molecule has 1 amide bonds. The van der Waals surface area contributed by atoms with Gasteiger partial charge in [0.1, 0.15) is 0 Å². The summed E-state index contributed by atoms with van der Waals surface area (Å²) in [6.45, 7) is 2.13. The first-order chi connectivity index (χ1) is 12.0. The molecule has 0 aliphatic carbocycles. The van der Waals surface area contributed by atoms with E-state index in [9.17, 15) is 14.9 Å². The van der Waals surface area contributed by atoms with Crippen LogP contribution in [0.5, 0.6) is 0 Å². The van der Waals surface area contributed by atoms with Crippen LogP contribution in [0, 0.1) is 10.1 Å². The Morgan fingerprint density at radius 2 is 2.24 bits per heavy atom. The third-order valence-corrected chi connectivity index (χ3v) is 3.93. The van der Waals surface area contributed by atoms with Crippen molar-refractivity contribution >= 4 is 22.5 Å². The Balaban J connectivity index is 1.74. The Hall–Kier alpha value is -3.23. The molecule has 9 heteroatoms. The van der Waals surface area contributed by atoms with Gasteiger partial charge in [-0.05, 0) is 11.6 Å². The molecule has 9 nitrogen and oxygen atoms in total. The highest BCUT2D eigenvalue weighted by Gasteiger charge is 2.17. The normalized spacial score (nSPS) is 11.0. The van der Waals surface area contributed by atoms with Gasteiger partial charge in [0.25, 0.3) is 5.69 Å². The van der Waals surface area contributed by atoms with Crippen LogP contribution in [0.3, 0.4) is 0 Å². The fraction of sp³-hybridized carbons (Fsp3) is 0.312. The highest BCUT2D eigenvalue weighted by atomic mass is 16.6. The molecule has 0 aliphatic heterocycles. The van der Waals surface area contributed by atoms with E-state index in [1.165, 1.54) is 17.0 Å². The van der Waals surface area contributed by atoms with E-state index < -0.39 is 4.92 Å². The maximum Gasteiger partial charge on any atom is 0.270 e. The number of hydrogen-bond acceptors (Lipinski definition) is 6. The highest BCUT2D eigenvalue weighted by molar-refractivity contribution is 5.90. The molecule has 25 heavy (non-hydrogen) atoms. The van der Waals surface area contributed by atoms with Crippen LogP contribution in [0.2, 0.25) is 0 Å². The number of nitrogens with zero attached hydrogens (tertiary/aromatic N) is 4. The molecule has 1 N–H and O–H groups in total. The molecule has 0 radical (unpaired) electrons. The molecule has 0 unspecified atom stereocenters. The molecular weight excluding hydrogens is 326 g/mol. The predicted molar refractivity (Wildman–Crippen MR) is 88.8 cm³/mol. The Kier molecular flexibility index (Phi) is 4.46. The van der Waals surface area contributed by atoms with Crippen LogP contribution in [0.4, 0.5) is 5.69 Å². The number of nitrogens with one attached hydrogen (secondary N) is 1. The number of likely N-dealkylation sites (N-methyl/N-ethyl adjacent to an activating group) is 1. The molecule has 0 saturated carbocycles. The first-order valence-electron chi connectivity index (χ1n) is 7.77. The van der Waals surface area contributed by atoms with Crippen molar-refractivity contribution in [1.82, 2.24) is 20.0 Å². The zero-order chi connectivity index (χ0) is 18.0. The van der Waals surface area contributed by atoms with Gasteiger partial charge >= 0.3 is 0 Å². The first kappa shape index (κ1) is 16.6. The molecule has 0 aliphatic rings. The second-order valence-corrected chi connectivity index (χ2v) is 5.69. The zero-order valence-corrected chi connectivity index (χ0v) is 13.9. The van der Waals surface area contributed by atoms with Gasteiger partial charge < -0.3 is 14.4 Å². The number of non-ortho nitro benzene ring substituents is 1. The van der Waals surface area contributed by atoms with Crippen molar-refractivity contribution in [2.24, 2.45) is 0 Å². The van der Waals surface area contributed by atoms with Crippen LogP contribution in [-0.2, 0) is 24.2 Å². The average molecular weight is 343 g/mol. The number of rotatable bonds is 6. The van der Waals surface area contributed by atoms with Crippen molar-refractivity contribution in [3.8, 4) is 0 Å². The van der Waals surface area contributed by atoms with Crippen molar-refractivity contribution in [1.29, 1.82) is 0 Å². The molecule has 0 atom stereocenters. The lowest BCUT2D eigenvalue weighted by Gasteiger charge is -2.14. The Morgan fingerprint density at radius 3 is 2.92 bits per heavy atom. The minimum absolute atomic E-state index is 0.00731. The summed E-state index contributed by atoms with van der Waals surface area (Å²) in [7, 11) is 1.65. The average Bonchev–Trinajstić information content (AvgIpc) is 3.21. The van der Waals surface area contributed by atoms with Crippen LogP contribution in [0.1, 0.15) is 24.2 Å². The largest absolute Gasteiger partial charge is 0.361 e. The van der Waals surface area contributed by atoms with Crippen LogP contribution < -0.4 is 0 Å². The van der Waals surface area contributed by atoms with Crippen molar-refractivity contribution < 1.29 is 14.2 Å². The van der Waals surface area contributed by atoms with E-state index in [1.807, 2.05) is 6.92 Å². The van der Waals surface area contributed by atoms with Gasteiger partial charge in [-0.15, -0.1) is 0 Å². The predicted octanol–water partition coefficient (Wildman–Crippen LogP) is 2.22. The molecule has 0 bridgehead atoms. The monoisotopic (exact) mass is 343 g/mol. The molecule has 130 valence electrons. The highest BCUT2D eigenvalue weighted by Crippen LogP contribution is 2.24. The Labute approximate surface area is 142 Å². The third kappa shape index (κ3) is 3.49. The molecule has 0 spiro atoms. The van der Waals surface area contributed by atoms with Gasteiger partial charge in [-0.25, -0.2) is 0 Å². The lowest BCUT2D eigenvalue weighted by atomic mass is 10.1. The first-order valence-corrected chi connectivity index (χ1v) is 7.77. The summed E-state index contributed by atoms with van der Waals surface area (Å²) >= 11 is 0. The van der Waals surface area contributed by atoms with Gasteiger partial charge in [0.15, 0.2) is 5.82 Å². The quantitative estimate of drug-likeness (QED) is 0.541. The summed E-state index contributed by atoms with van der Waals surface area (Å²) in [4.78, 5) is 31.6. The van der Waals surface area contributed by atoms with Gasteiger partial charge in [0.05, 0.1) is 17.9 Å². The van der Waals surface area contributed by atoms with Crippen LogP contribution in [-0.4, -0.2) is 37.9 Å². The maximum atomic E-state index is 12.4. The molecule has 0 fully saturated rings. The maximum absolute atomic E-state index is 12.4. The van der Waals surface area contributed by atoms with Crippen molar-refractivity contribution in [3.63, 3.8) is 0 Å². The fourth-order valence-electron chi connectivity index (χ4n) is 2.51. The van der Waals surface area contributed by atoms with Crippen molar-refractivity contribution in [2.45, 2.75) is 26.3 Å². The molecular formula is C16H17N5O4. The zero-order valence-electron chi connectivity index (χ0n) is 13.9. The van der Waals surface area contributed by atoms with Gasteiger partial charge in [-0.1, -0.05) is 12.1 Å². The van der Waals surface area contributed by atoms with Gasteiger partial charge in [0.2, 0.25) is 11.8 Å². The number of hydrogen-bond donors (Lipinski definition) is 1. The number of amides is 1. The van der Waals surface area contributed by atoms with Gasteiger partial charge in [-0.2, -0.15) is 4.98 Å². The summed E-state index contributed by atoms with van der Waals surface area (Å²) in [5, 5.41) is 15.4. The smallest absolute Gasteiger partial charge is 0.270 e. The summed E-state index contributed by atoms with van der Waals surface area (Å²) in [6, 6.07) is 4.54. The molecule has 3 aromatic rings. The topological polar surface area (TPSA) is 118 Å².